The van der Waals surface area contributed by atoms with Gasteiger partial charge in [0.1, 0.15) is 0 Å². The number of amides is 2. The van der Waals surface area contributed by atoms with Gasteiger partial charge in [0.05, 0.1) is 34.8 Å². The summed E-state index contributed by atoms with van der Waals surface area (Å²) < 4.78 is 29.4. The summed E-state index contributed by atoms with van der Waals surface area (Å²) in [5.41, 5.74) is 0.737. The molecule has 4 heterocycles. The Kier molecular flexibility index (Phi) is 11.1. The normalized spacial score (nSPS) is 28.5. The van der Waals surface area contributed by atoms with Crippen LogP contribution in [0.1, 0.15) is 78.2 Å². The summed E-state index contributed by atoms with van der Waals surface area (Å²) in [5, 5.41) is 10.7. The molecule has 1 aliphatic carbocycles. The molecule has 2 aromatic heterocycles. The van der Waals surface area contributed by atoms with Crippen LogP contribution >= 0.6 is 11.6 Å². The Balaban J connectivity index is 0.000000293. The molecule has 248 valence electrons. The van der Waals surface area contributed by atoms with E-state index in [1.165, 1.54) is 19.0 Å². The Hall–Kier alpha value is -2.87. The van der Waals surface area contributed by atoms with Crippen molar-refractivity contribution in [2.75, 3.05) is 20.6 Å². The maximum absolute atomic E-state index is 13.3. The van der Waals surface area contributed by atoms with Gasteiger partial charge in [0, 0.05) is 51.6 Å². The van der Waals surface area contributed by atoms with Crippen molar-refractivity contribution in [1.29, 1.82) is 0 Å². The number of pyridine rings is 1. The minimum absolute atomic E-state index is 0.108. The van der Waals surface area contributed by atoms with Gasteiger partial charge in [0.25, 0.3) is 0 Å². The van der Waals surface area contributed by atoms with Crippen LogP contribution < -0.4 is 4.72 Å². The monoisotopic (exact) mass is 664 g/mol. The molecule has 14 heteroatoms. The SMILES string of the molecule is CC(C)n1c(Cl)nc2ccncc21.C[C@H]1CCCCC/C=C\[C@@H]2C[C@@]2(C(=O)NS(=O)(=O)N(C)C)CC(=O)[C@@H]2C[C@@H](O)CN2C1=O. The number of hydrogen-bond acceptors (Lipinski definition) is 8. The third-order valence-electron chi connectivity index (χ3n) is 8.97. The highest BCUT2D eigenvalue weighted by Gasteiger charge is 2.61. The highest BCUT2D eigenvalue weighted by molar-refractivity contribution is 7.87. The van der Waals surface area contributed by atoms with Crippen molar-refractivity contribution < 1.29 is 27.9 Å². The fourth-order valence-electron chi connectivity index (χ4n) is 6.19. The van der Waals surface area contributed by atoms with E-state index in [1.807, 2.05) is 29.7 Å². The number of nitrogens with one attached hydrogen (secondary N) is 1. The number of rotatable bonds is 4. The van der Waals surface area contributed by atoms with Gasteiger partial charge < -0.3 is 14.6 Å². The molecule has 0 radical (unpaired) electrons. The van der Waals surface area contributed by atoms with Crippen LogP contribution in [0.4, 0.5) is 0 Å². The summed E-state index contributed by atoms with van der Waals surface area (Å²) in [7, 11) is -1.34. The number of carbonyl (C=O) groups excluding carboxylic acids is 3. The van der Waals surface area contributed by atoms with Gasteiger partial charge in [-0.15, -0.1) is 0 Å². The molecular formula is C31H45ClN6O6S. The van der Waals surface area contributed by atoms with E-state index in [1.54, 1.807) is 12.4 Å². The van der Waals surface area contributed by atoms with E-state index in [9.17, 15) is 27.9 Å². The molecule has 1 saturated carbocycles. The highest BCUT2D eigenvalue weighted by Crippen LogP contribution is 2.57. The van der Waals surface area contributed by atoms with Gasteiger partial charge in [-0.25, -0.2) is 9.71 Å². The zero-order valence-corrected chi connectivity index (χ0v) is 28.2. The van der Waals surface area contributed by atoms with Gasteiger partial charge >= 0.3 is 10.2 Å². The van der Waals surface area contributed by atoms with Crippen LogP contribution in [0, 0.1) is 17.3 Å². The van der Waals surface area contributed by atoms with E-state index in [2.05, 4.69) is 28.5 Å². The van der Waals surface area contributed by atoms with Gasteiger partial charge in [-0.05, 0) is 63.1 Å². The Morgan fingerprint density at radius 1 is 1.22 bits per heavy atom. The molecule has 2 N–H and O–H groups in total. The van der Waals surface area contributed by atoms with Gasteiger partial charge in [-0.3, -0.25) is 19.4 Å². The summed E-state index contributed by atoms with van der Waals surface area (Å²) in [6, 6.07) is 1.38. The van der Waals surface area contributed by atoms with Gasteiger partial charge in [-0.2, -0.15) is 12.7 Å². The van der Waals surface area contributed by atoms with E-state index >= 15 is 0 Å². The maximum atomic E-state index is 13.3. The summed E-state index contributed by atoms with van der Waals surface area (Å²) >= 11 is 5.99. The molecular weight excluding hydrogens is 620 g/mol. The molecule has 5 rings (SSSR count). The van der Waals surface area contributed by atoms with Crippen LogP contribution in [0.2, 0.25) is 5.28 Å². The number of imidazole rings is 1. The molecule has 2 aliphatic heterocycles. The average Bonchev–Trinajstić information content (AvgIpc) is 3.33. The van der Waals surface area contributed by atoms with Crippen molar-refractivity contribution in [2.24, 2.45) is 17.3 Å². The lowest BCUT2D eigenvalue weighted by atomic mass is 9.91. The summed E-state index contributed by atoms with van der Waals surface area (Å²) in [5.74, 6) is -1.61. The van der Waals surface area contributed by atoms with Crippen molar-refractivity contribution in [3.63, 3.8) is 0 Å². The number of aliphatic hydroxyl groups excluding tert-OH is 1. The first-order valence-electron chi connectivity index (χ1n) is 15.6. The Morgan fingerprint density at radius 3 is 2.64 bits per heavy atom. The number of aromatic nitrogens is 3. The van der Waals surface area contributed by atoms with Crippen LogP contribution in [-0.4, -0.2) is 87.6 Å². The molecule has 45 heavy (non-hydrogen) atoms. The van der Waals surface area contributed by atoms with E-state index in [4.69, 9.17) is 11.6 Å². The molecule has 12 nitrogen and oxygen atoms in total. The van der Waals surface area contributed by atoms with Crippen molar-refractivity contribution in [1.82, 2.24) is 28.5 Å². The van der Waals surface area contributed by atoms with Crippen molar-refractivity contribution in [3.8, 4) is 0 Å². The first kappa shape index (κ1) is 35.0. The number of carbonyl (C=O) groups is 3. The van der Waals surface area contributed by atoms with Gasteiger partial charge in [-0.1, -0.05) is 31.9 Å². The molecule has 0 unspecified atom stereocenters. The third kappa shape index (κ3) is 7.93. The van der Waals surface area contributed by atoms with Gasteiger partial charge in [0.15, 0.2) is 5.78 Å². The maximum Gasteiger partial charge on any atom is 0.303 e. The molecule has 2 fully saturated rings. The molecule has 5 atom stereocenters. The van der Waals surface area contributed by atoms with Crippen LogP contribution in [0.15, 0.2) is 30.6 Å². The predicted molar refractivity (Wildman–Crippen MR) is 171 cm³/mol. The number of Topliss-reactive ketones (excluding diaryl/α,β-unsaturated/α-hetero) is 1. The second kappa shape index (κ2) is 14.3. The molecule has 0 aromatic carbocycles. The number of fused-ring (bicyclic) bond motifs is 3. The standard InChI is InChI=1S/C22H35N3O6S.C9H10ClN3/c1-15-9-7-5-4-6-8-10-16-12-22(16,21(29)23-32(30,31)24(2)3)13-19(27)18-11-17(26)14-25(18)20(15)28;1-6(2)13-8-5-11-4-3-7(8)12-9(13)10/h8,10,15-18,26H,4-7,9,11-14H2,1-3H3,(H,23,29);3-6H,1-2H3/b10-8-;/t15-,16+,17+,18-,22+;/m0./s1. The minimum Gasteiger partial charge on any atom is -0.391 e. The quantitative estimate of drug-likeness (QED) is 0.470. The number of aliphatic hydroxyl groups is 1. The first-order valence-corrected chi connectivity index (χ1v) is 17.4. The smallest absolute Gasteiger partial charge is 0.303 e. The molecule has 2 amide bonds. The number of allylic oxidation sites excluding steroid dienone is 2. The van der Waals surface area contributed by atoms with Crippen LogP contribution in [-0.2, 0) is 24.6 Å². The average molecular weight is 665 g/mol. The lowest BCUT2D eigenvalue weighted by molar-refractivity contribution is -0.141. The summed E-state index contributed by atoms with van der Waals surface area (Å²) in [4.78, 5) is 49.1. The van der Waals surface area contributed by atoms with E-state index < -0.39 is 33.7 Å². The number of ketones is 1. The molecule has 0 spiro atoms. The fraction of sp³-hybridized carbons (Fsp3) is 0.645. The van der Waals surface area contributed by atoms with E-state index in [0.29, 0.717) is 17.7 Å². The van der Waals surface area contributed by atoms with E-state index in [-0.39, 0.29) is 42.9 Å². The van der Waals surface area contributed by atoms with Crippen molar-refractivity contribution >= 4 is 50.4 Å². The Bertz CT molecular complexity index is 1540. The Morgan fingerprint density at radius 2 is 1.96 bits per heavy atom. The second-order valence-corrected chi connectivity index (χ2v) is 15.1. The number of halogens is 1. The van der Waals surface area contributed by atoms with Crippen LogP contribution in [0.25, 0.3) is 11.0 Å². The molecule has 3 aliphatic rings. The zero-order valence-electron chi connectivity index (χ0n) is 26.6. The molecule has 1 saturated heterocycles. The summed E-state index contributed by atoms with van der Waals surface area (Å²) in [6.07, 6.45) is 11.4. The number of nitrogens with zero attached hydrogens (tertiary/aromatic N) is 5. The van der Waals surface area contributed by atoms with E-state index in [0.717, 1.165) is 47.4 Å². The fourth-order valence-corrected chi connectivity index (χ4v) is 7.19. The highest BCUT2D eigenvalue weighted by atomic mass is 35.5. The lowest BCUT2D eigenvalue weighted by Crippen LogP contribution is -2.47. The first-order chi connectivity index (χ1) is 21.2. The van der Waals surface area contributed by atoms with Crippen LogP contribution in [0.5, 0.6) is 0 Å². The molecule has 0 bridgehead atoms. The summed E-state index contributed by atoms with van der Waals surface area (Å²) in [6.45, 7) is 6.10. The van der Waals surface area contributed by atoms with Gasteiger partial charge in [0.2, 0.25) is 17.1 Å². The Labute approximate surface area is 270 Å². The predicted octanol–water partition coefficient (Wildman–Crippen LogP) is 3.66. The number of hydrogen-bond donors (Lipinski definition) is 2. The van der Waals surface area contributed by atoms with Crippen molar-refractivity contribution in [2.45, 2.75) is 90.3 Å². The van der Waals surface area contributed by atoms with Crippen LogP contribution in [0.3, 0.4) is 0 Å². The molecule has 2 aromatic rings. The van der Waals surface area contributed by atoms with Crippen molar-refractivity contribution in [3.05, 3.63) is 35.9 Å². The zero-order chi connectivity index (χ0) is 33.1. The third-order valence-corrected chi connectivity index (χ3v) is 10.6. The largest absolute Gasteiger partial charge is 0.391 e. The minimum atomic E-state index is -3.99. The topological polar surface area (TPSA) is 155 Å². The second-order valence-electron chi connectivity index (χ2n) is 12.9. The lowest BCUT2D eigenvalue weighted by Gasteiger charge is -2.28.